The second kappa shape index (κ2) is 11.5. The lowest BCUT2D eigenvalue weighted by atomic mass is 10.1. The number of ether oxygens (including phenoxy) is 1. The molecule has 0 saturated carbocycles. The van der Waals surface area contributed by atoms with Crippen molar-refractivity contribution < 1.29 is 9.53 Å². The molecule has 0 bridgehead atoms. The van der Waals surface area contributed by atoms with Gasteiger partial charge in [-0.15, -0.1) is 0 Å². The van der Waals surface area contributed by atoms with Crippen LogP contribution in [0.5, 0.6) is 0 Å². The number of carbonyl (C=O) groups is 1. The van der Waals surface area contributed by atoms with Gasteiger partial charge in [-0.1, -0.05) is 30.3 Å². The van der Waals surface area contributed by atoms with Crippen molar-refractivity contribution in [1.29, 1.82) is 0 Å². The van der Waals surface area contributed by atoms with E-state index in [0.717, 1.165) is 0 Å². The monoisotopic (exact) mass is 648 g/mol. The number of carbonyl (C=O) groups excluding carboxylic acids is 1. The molecule has 0 fully saturated rings. The molecule has 1 aromatic carbocycles. The van der Waals surface area contributed by atoms with E-state index in [0.29, 0.717) is 5.56 Å². The standard InChI is InChI=1S/C25H27N14O2P3/c1-2-41-25(40)24(23-11-4-3-5-12-23)31-42(35-18-6-13-26-35)32-43(36-19-7-14-27-36,37-20-8-15-28-37)34-44(33-42,38-21-9-16-29-38)39-22-10-17-30-39/h3-22,24,31H,2H2,1H3. The molecule has 224 valence electrons. The fourth-order valence-corrected chi connectivity index (χ4v) is 17.1. The van der Waals surface area contributed by atoms with Crippen molar-refractivity contribution in [2.75, 3.05) is 6.61 Å². The van der Waals surface area contributed by atoms with Gasteiger partial charge in [0.15, 0.2) is 0 Å². The van der Waals surface area contributed by atoms with Crippen molar-refractivity contribution in [2.24, 2.45) is 13.5 Å². The highest BCUT2D eigenvalue weighted by atomic mass is 31.3. The van der Waals surface area contributed by atoms with Crippen molar-refractivity contribution in [3.05, 3.63) is 128 Å². The van der Waals surface area contributed by atoms with Crippen LogP contribution in [0, 0.1) is 0 Å². The van der Waals surface area contributed by atoms with Crippen LogP contribution in [0.25, 0.3) is 0 Å². The molecule has 1 N–H and O–H groups in total. The van der Waals surface area contributed by atoms with E-state index in [2.05, 4.69) is 30.6 Å². The summed E-state index contributed by atoms with van der Waals surface area (Å²) in [6.45, 7) is 1.96. The molecule has 0 amide bonds. The van der Waals surface area contributed by atoms with Crippen molar-refractivity contribution in [1.82, 2.24) is 52.8 Å². The number of esters is 1. The smallest absolute Gasteiger partial charge is 0.328 e. The second-order valence-corrected chi connectivity index (χ2v) is 17.0. The summed E-state index contributed by atoms with van der Waals surface area (Å²) in [6, 6.07) is 17.4. The van der Waals surface area contributed by atoms with Crippen LogP contribution < -0.4 is 5.09 Å². The quantitative estimate of drug-likeness (QED) is 0.151. The van der Waals surface area contributed by atoms with Gasteiger partial charge in [0, 0.05) is 62.0 Å². The van der Waals surface area contributed by atoms with Gasteiger partial charge in [0.2, 0.25) is 0 Å². The van der Waals surface area contributed by atoms with E-state index in [4.69, 9.17) is 18.3 Å². The van der Waals surface area contributed by atoms with Crippen LogP contribution in [0.1, 0.15) is 18.5 Å². The number of nitrogens with one attached hydrogen (secondary N) is 1. The highest BCUT2D eigenvalue weighted by Crippen LogP contribution is 2.78. The van der Waals surface area contributed by atoms with Crippen LogP contribution in [0.2, 0.25) is 0 Å². The Labute approximate surface area is 252 Å². The molecule has 1 aliphatic heterocycles. The third kappa shape index (κ3) is 4.72. The average molecular weight is 649 g/mol. The van der Waals surface area contributed by atoms with E-state index in [1.54, 1.807) is 121 Å². The molecule has 0 saturated heterocycles. The first kappa shape index (κ1) is 28.2. The lowest BCUT2D eigenvalue weighted by Crippen LogP contribution is -2.31. The summed E-state index contributed by atoms with van der Waals surface area (Å²) in [5.41, 5.74) is 0.676. The molecular formula is C25H27N14O2P3. The Morgan fingerprint density at radius 1 is 0.659 bits per heavy atom. The zero-order valence-corrected chi connectivity index (χ0v) is 26.0. The van der Waals surface area contributed by atoms with Crippen LogP contribution in [-0.2, 0) is 9.53 Å². The summed E-state index contributed by atoms with van der Waals surface area (Å²) in [5, 5.41) is 26.8. The molecule has 5 aromatic heterocycles. The van der Waals surface area contributed by atoms with E-state index in [-0.39, 0.29) is 6.61 Å². The van der Waals surface area contributed by atoms with Crippen molar-refractivity contribution >= 4 is 28.5 Å². The zero-order valence-electron chi connectivity index (χ0n) is 23.3. The SMILES string of the molecule is CCOC(=O)C(NP1(n2cccn2)=NP(n2cccn2)(n2cccn2)=NP(n2cccn2)(n2cccn2)=N1)c1ccccc1. The molecule has 6 aromatic rings. The van der Waals surface area contributed by atoms with E-state index < -0.39 is 34.5 Å². The molecule has 0 radical (unpaired) electrons. The average Bonchev–Trinajstić information content (AvgIpc) is 3.91. The van der Waals surface area contributed by atoms with Gasteiger partial charge in [-0.2, -0.15) is 56.8 Å². The Bertz CT molecular complexity index is 1850. The predicted molar refractivity (Wildman–Crippen MR) is 165 cm³/mol. The summed E-state index contributed by atoms with van der Waals surface area (Å²) >= 11 is 0. The maximum absolute atomic E-state index is 13.7. The molecule has 44 heavy (non-hydrogen) atoms. The third-order valence-corrected chi connectivity index (χ3v) is 16.9. The van der Waals surface area contributed by atoms with Gasteiger partial charge in [0.25, 0.3) is 7.51 Å². The first-order chi connectivity index (χ1) is 21.6. The number of nitrogens with zero attached hydrogens (tertiary/aromatic N) is 13. The van der Waals surface area contributed by atoms with Gasteiger partial charge in [0.05, 0.1) is 6.61 Å². The Hall–Kier alpha value is -4.61. The minimum absolute atomic E-state index is 0.190. The van der Waals surface area contributed by atoms with Gasteiger partial charge in [-0.05, 0) is 42.8 Å². The summed E-state index contributed by atoms with van der Waals surface area (Å²) < 4.78 is 30.6. The number of aromatic nitrogens is 10. The van der Waals surface area contributed by atoms with Crippen LogP contribution in [0.3, 0.4) is 0 Å². The topological polar surface area (TPSA) is 165 Å². The van der Waals surface area contributed by atoms with E-state index in [9.17, 15) is 4.79 Å². The van der Waals surface area contributed by atoms with E-state index in [1.165, 1.54) is 0 Å². The van der Waals surface area contributed by atoms with Crippen LogP contribution in [0.4, 0.5) is 0 Å². The van der Waals surface area contributed by atoms with E-state index in [1.807, 2.05) is 30.3 Å². The molecule has 1 aliphatic rings. The normalized spacial score (nSPS) is 19.3. The largest absolute Gasteiger partial charge is 0.465 e. The maximum Gasteiger partial charge on any atom is 0.328 e. The van der Waals surface area contributed by atoms with Crippen LogP contribution in [0.15, 0.2) is 136 Å². The highest BCUT2D eigenvalue weighted by molar-refractivity contribution is 7.84. The fourth-order valence-electron chi connectivity index (χ4n) is 4.67. The van der Waals surface area contributed by atoms with Crippen LogP contribution in [-0.4, -0.2) is 60.3 Å². The van der Waals surface area contributed by atoms with Gasteiger partial charge in [-0.25, -0.2) is 14.3 Å². The Morgan fingerprint density at radius 3 is 1.55 bits per heavy atom. The number of hydrogen-bond acceptors (Lipinski definition) is 11. The fraction of sp³-hybridized carbons (Fsp3) is 0.120. The highest BCUT2D eigenvalue weighted by Gasteiger charge is 2.46. The molecule has 19 heteroatoms. The molecule has 2 unspecified atom stereocenters. The number of benzene rings is 1. The lowest BCUT2D eigenvalue weighted by molar-refractivity contribution is -0.145. The molecule has 0 spiro atoms. The summed E-state index contributed by atoms with van der Waals surface area (Å²) in [6.07, 6.45) is 17.3. The lowest BCUT2D eigenvalue weighted by Gasteiger charge is -2.36. The number of hydrogen-bond donors (Lipinski definition) is 1. The molecule has 16 nitrogen and oxygen atoms in total. The predicted octanol–water partition coefficient (Wildman–Crippen LogP) is 5.46. The van der Waals surface area contributed by atoms with Gasteiger partial charge in [0.1, 0.15) is 6.04 Å². The van der Waals surface area contributed by atoms with Crippen molar-refractivity contribution in [3.8, 4) is 0 Å². The number of rotatable bonds is 10. The Balaban J connectivity index is 1.65. The molecule has 7 rings (SSSR count). The zero-order chi connectivity index (χ0) is 30.0. The van der Waals surface area contributed by atoms with Gasteiger partial charge in [-0.3, -0.25) is 0 Å². The minimum Gasteiger partial charge on any atom is -0.465 e. The van der Waals surface area contributed by atoms with Gasteiger partial charge < -0.3 is 4.74 Å². The van der Waals surface area contributed by atoms with Crippen molar-refractivity contribution in [2.45, 2.75) is 13.0 Å². The summed E-state index contributed by atoms with van der Waals surface area (Å²) in [5.74, 6) is -0.484. The van der Waals surface area contributed by atoms with E-state index >= 15 is 0 Å². The molecule has 2 atom stereocenters. The Kier molecular flexibility index (Phi) is 7.35. The first-order valence-corrected chi connectivity index (χ1v) is 18.4. The maximum atomic E-state index is 13.7. The van der Waals surface area contributed by atoms with Gasteiger partial charge >= 0.3 is 21.0 Å². The summed E-state index contributed by atoms with van der Waals surface area (Å²) in [7, 11) is -10.3. The minimum atomic E-state index is -3.53. The third-order valence-electron chi connectivity index (χ3n) is 6.52. The molecular weight excluding hydrogens is 621 g/mol. The van der Waals surface area contributed by atoms with Crippen LogP contribution >= 0.6 is 22.5 Å². The Morgan fingerprint density at radius 2 is 1.11 bits per heavy atom. The van der Waals surface area contributed by atoms with Crippen molar-refractivity contribution in [3.63, 3.8) is 0 Å². The molecule has 0 aliphatic carbocycles. The molecule has 6 heterocycles. The second-order valence-electron chi connectivity index (χ2n) is 9.27. The summed E-state index contributed by atoms with van der Waals surface area (Å²) in [4.78, 5) is 13.7. The first-order valence-electron chi connectivity index (χ1n) is 13.5.